The van der Waals surface area contributed by atoms with Gasteiger partial charge < -0.3 is 10.1 Å². The Hall–Kier alpha value is -2.15. The summed E-state index contributed by atoms with van der Waals surface area (Å²) >= 11 is 1.55. The number of nitro groups is 1. The molecule has 0 radical (unpaired) electrons. The number of thiazole rings is 1. The predicted octanol–water partition coefficient (Wildman–Crippen LogP) is 3.76. The van der Waals surface area contributed by atoms with Gasteiger partial charge in [-0.1, -0.05) is 13.0 Å². The van der Waals surface area contributed by atoms with Gasteiger partial charge in [0.15, 0.2) is 5.75 Å². The van der Waals surface area contributed by atoms with Crippen LogP contribution in [0.2, 0.25) is 0 Å². The highest BCUT2D eigenvalue weighted by atomic mass is 32.1. The summed E-state index contributed by atoms with van der Waals surface area (Å²) in [6.07, 6.45) is 0.799. The molecular weight excluding hydrogens is 290 g/mol. The summed E-state index contributed by atoms with van der Waals surface area (Å²) in [5.41, 5.74) is 1.28. The maximum Gasteiger partial charge on any atom is 0.333 e. The van der Waals surface area contributed by atoms with E-state index in [9.17, 15) is 10.1 Å². The minimum Gasteiger partial charge on any atom is -0.487 e. The molecule has 0 aliphatic heterocycles. The number of anilines is 1. The fourth-order valence-corrected chi connectivity index (χ4v) is 2.47. The fourth-order valence-electron chi connectivity index (χ4n) is 1.86. The number of benzene rings is 1. The van der Waals surface area contributed by atoms with Crippen LogP contribution < -0.4 is 10.1 Å². The maximum atomic E-state index is 11.3. The molecule has 1 N–H and O–H groups in total. The van der Waals surface area contributed by atoms with E-state index in [4.69, 9.17) is 4.74 Å². The Morgan fingerprint density at radius 1 is 1.48 bits per heavy atom. The van der Waals surface area contributed by atoms with Gasteiger partial charge in [-0.15, -0.1) is 11.3 Å². The number of para-hydroxylation sites is 1. The lowest BCUT2D eigenvalue weighted by molar-refractivity contribution is -0.385. The van der Waals surface area contributed by atoms with Crippen molar-refractivity contribution in [2.24, 2.45) is 0 Å². The number of aryl methyl sites for hydroxylation is 1. The number of hydrogen-bond acceptors (Lipinski definition) is 6. The highest BCUT2D eigenvalue weighted by Gasteiger charge is 2.20. The van der Waals surface area contributed by atoms with E-state index in [0.717, 1.165) is 17.1 Å². The quantitative estimate of drug-likeness (QED) is 0.622. The van der Waals surface area contributed by atoms with Gasteiger partial charge >= 0.3 is 5.69 Å². The van der Waals surface area contributed by atoms with E-state index in [2.05, 4.69) is 10.3 Å². The van der Waals surface area contributed by atoms with Gasteiger partial charge in [0.2, 0.25) is 0 Å². The Labute approximate surface area is 126 Å². The second-order valence-corrected chi connectivity index (χ2v) is 5.53. The summed E-state index contributed by atoms with van der Waals surface area (Å²) < 4.78 is 5.45. The van der Waals surface area contributed by atoms with Crippen LogP contribution in [0.3, 0.4) is 0 Å². The van der Waals surface area contributed by atoms with Gasteiger partial charge in [-0.05, 0) is 25.5 Å². The first-order valence-corrected chi connectivity index (χ1v) is 7.55. The van der Waals surface area contributed by atoms with E-state index >= 15 is 0 Å². The third-order valence-corrected chi connectivity index (χ3v) is 3.59. The van der Waals surface area contributed by atoms with Gasteiger partial charge in [0.05, 0.1) is 28.8 Å². The van der Waals surface area contributed by atoms with Gasteiger partial charge in [0.25, 0.3) is 0 Å². The third kappa shape index (κ3) is 3.91. The van der Waals surface area contributed by atoms with Crippen molar-refractivity contribution in [1.82, 2.24) is 4.98 Å². The summed E-state index contributed by atoms with van der Waals surface area (Å²) in [6, 6.07) is 5.04. The van der Waals surface area contributed by atoms with E-state index in [1.165, 1.54) is 0 Å². The minimum atomic E-state index is -0.417. The van der Waals surface area contributed by atoms with E-state index in [1.807, 2.05) is 19.2 Å². The summed E-state index contributed by atoms with van der Waals surface area (Å²) in [6.45, 7) is 4.78. The van der Waals surface area contributed by atoms with E-state index in [-0.39, 0.29) is 5.69 Å². The normalized spacial score (nSPS) is 10.4. The van der Waals surface area contributed by atoms with E-state index in [1.54, 1.807) is 29.5 Å². The van der Waals surface area contributed by atoms with Crippen LogP contribution >= 0.6 is 11.3 Å². The first kappa shape index (κ1) is 15.2. The molecule has 0 saturated heterocycles. The van der Waals surface area contributed by atoms with Gasteiger partial charge in [0.1, 0.15) is 5.69 Å². The number of nitro benzene ring substituents is 1. The zero-order valence-corrected chi connectivity index (χ0v) is 12.8. The lowest BCUT2D eigenvalue weighted by atomic mass is 10.2. The zero-order valence-electron chi connectivity index (χ0n) is 12.0. The number of hydrogen-bond donors (Lipinski definition) is 1. The van der Waals surface area contributed by atoms with Crippen molar-refractivity contribution in [2.75, 3.05) is 11.9 Å². The molecule has 0 bridgehead atoms. The second-order valence-electron chi connectivity index (χ2n) is 4.47. The molecule has 7 heteroatoms. The summed E-state index contributed by atoms with van der Waals surface area (Å²) in [4.78, 5) is 15.2. The molecule has 0 unspecified atom stereocenters. The first-order chi connectivity index (χ1) is 10.1. The third-order valence-electron chi connectivity index (χ3n) is 2.77. The second kappa shape index (κ2) is 7.03. The zero-order chi connectivity index (χ0) is 15.2. The number of ether oxygens (including phenoxy) is 1. The SMILES string of the molecule is CCCOc1cccc(NCc2csc(C)n2)c1[N+](=O)[O-]. The molecule has 21 heavy (non-hydrogen) atoms. The predicted molar refractivity (Wildman–Crippen MR) is 83.1 cm³/mol. The lowest BCUT2D eigenvalue weighted by Crippen LogP contribution is -2.05. The van der Waals surface area contributed by atoms with Gasteiger partial charge in [-0.3, -0.25) is 10.1 Å². The first-order valence-electron chi connectivity index (χ1n) is 6.67. The smallest absolute Gasteiger partial charge is 0.333 e. The number of aromatic nitrogens is 1. The van der Waals surface area contributed by atoms with Crippen molar-refractivity contribution >= 4 is 22.7 Å². The average Bonchev–Trinajstić information content (AvgIpc) is 2.88. The molecular formula is C14H17N3O3S. The topological polar surface area (TPSA) is 77.3 Å². The summed E-state index contributed by atoms with van der Waals surface area (Å²) in [5.74, 6) is 0.293. The molecule has 6 nitrogen and oxygen atoms in total. The average molecular weight is 307 g/mol. The lowest BCUT2D eigenvalue weighted by Gasteiger charge is -2.10. The Morgan fingerprint density at radius 2 is 2.29 bits per heavy atom. The van der Waals surface area contributed by atoms with Gasteiger partial charge in [-0.2, -0.15) is 0 Å². The van der Waals surface area contributed by atoms with E-state index in [0.29, 0.717) is 24.6 Å². The molecule has 0 amide bonds. The van der Waals surface area contributed by atoms with Crippen LogP contribution in [0.1, 0.15) is 24.0 Å². The molecule has 112 valence electrons. The molecule has 2 aromatic rings. The van der Waals surface area contributed by atoms with Crippen molar-refractivity contribution in [3.8, 4) is 5.75 Å². The molecule has 0 atom stereocenters. The van der Waals surface area contributed by atoms with Crippen molar-refractivity contribution < 1.29 is 9.66 Å². The highest BCUT2D eigenvalue weighted by molar-refractivity contribution is 7.09. The minimum absolute atomic E-state index is 0.0297. The molecule has 1 aromatic heterocycles. The Morgan fingerprint density at radius 3 is 2.90 bits per heavy atom. The van der Waals surface area contributed by atoms with Crippen LogP contribution in [0.25, 0.3) is 0 Å². The fraction of sp³-hybridized carbons (Fsp3) is 0.357. The largest absolute Gasteiger partial charge is 0.487 e. The van der Waals surface area contributed by atoms with Crippen LogP contribution in [0.4, 0.5) is 11.4 Å². The van der Waals surface area contributed by atoms with Crippen LogP contribution in [0, 0.1) is 17.0 Å². The van der Waals surface area contributed by atoms with Crippen molar-refractivity contribution in [3.05, 3.63) is 44.4 Å². The number of rotatable bonds is 7. The number of nitrogens with zero attached hydrogens (tertiary/aromatic N) is 2. The van der Waals surface area contributed by atoms with Crippen LogP contribution in [-0.2, 0) is 6.54 Å². The molecule has 0 saturated carbocycles. The van der Waals surface area contributed by atoms with Crippen LogP contribution in [-0.4, -0.2) is 16.5 Å². The van der Waals surface area contributed by atoms with Crippen molar-refractivity contribution in [1.29, 1.82) is 0 Å². The molecule has 0 spiro atoms. The van der Waals surface area contributed by atoms with Crippen molar-refractivity contribution in [3.63, 3.8) is 0 Å². The molecule has 1 aromatic carbocycles. The van der Waals surface area contributed by atoms with E-state index < -0.39 is 4.92 Å². The molecule has 0 aliphatic carbocycles. The standard InChI is InChI=1S/C14H17N3O3S/c1-3-7-20-13-6-4-5-12(14(13)17(18)19)15-8-11-9-21-10(2)16-11/h4-6,9,15H,3,7-8H2,1-2H3. The Bertz CT molecular complexity index is 628. The maximum absolute atomic E-state index is 11.3. The molecule has 0 aliphatic rings. The Balaban J connectivity index is 2.19. The summed E-state index contributed by atoms with van der Waals surface area (Å²) in [7, 11) is 0. The molecule has 2 rings (SSSR count). The van der Waals surface area contributed by atoms with Crippen molar-refractivity contribution in [2.45, 2.75) is 26.8 Å². The monoisotopic (exact) mass is 307 g/mol. The van der Waals surface area contributed by atoms with Crippen LogP contribution in [0.5, 0.6) is 5.75 Å². The Kier molecular flexibility index (Phi) is 5.10. The van der Waals surface area contributed by atoms with Gasteiger partial charge in [0, 0.05) is 5.38 Å². The summed E-state index contributed by atoms with van der Waals surface area (Å²) in [5, 5.41) is 17.3. The van der Waals surface area contributed by atoms with Gasteiger partial charge in [-0.25, -0.2) is 4.98 Å². The van der Waals surface area contributed by atoms with Crippen LogP contribution in [0.15, 0.2) is 23.6 Å². The molecule has 1 heterocycles. The highest BCUT2D eigenvalue weighted by Crippen LogP contribution is 2.35. The molecule has 0 fully saturated rings. The number of nitrogens with one attached hydrogen (secondary N) is 1.